The Morgan fingerprint density at radius 3 is 2.34 bits per heavy atom. The molecule has 0 aliphatic carbocycles. The number of para-hydroxylation sites is 1. The summed E-state index contributed by atoms with van der Waals surface area (Å²) in [4.78, 5) is 55.2. The van der Waals surface area contributed by atoms with Crippen LogP contribution in [0.25, 0.3) is 22.3 Å². The number of hydrogen-bond donors (Lipinski definition) is 0. The maximum Gasteiger partial charge on any atom is 0.336 e. The summed E-state index contributed by atoms with van der Waals surface area (Å²) in [7, 11) is 2.40. The van der Waals surface area contributed by atoms with Crippen molar-refractivity contribution in [2.45, 2.75) is 19.8 Å². The molecular weight excluding hydrogens is 450 g/mol. The van der Waals surface area contributed by atoms with E-state index in [2.05, 4.69) is 4.99 Å². The van der Waals surface area contributed by atoms with Crippen molar-refractivity contribution in [1.29, 1.82) is 0 Å². The van der Waals surface area contributed by atoms with Gasteiger partial charge in [0.05, 0.1) is 25.2 Å². The van der Waals surface area contributed by atoms with Gasteiger partial charge in [0.1, 0.15) is 23.0 Å². The predicted octanol–water partition coefficient (Wildman–Crippen LogP) is 3.74. The molecule has 8 nitrogen and oxygen atoms in total. The molecule has 1 aliphatic rings. The molecule has 35 heavy (non-hydrogen) atoms. The molecule has 0 radical (unpaired) electrons. The number of aldehydes is 1. The van der Waals surface area contributed by atoms with Crippen LogP contribution in [0.4, 0.5) is 0 Å². The number of ether oxygens (including phenoxy) is 2. The Labute approximate surface area is 200 Å². The third-order valence-electron chi connectivity index (χ3n) is 6.19. The summed E-state index contributed by atoms with van der Waals surface area (Å²) in [6, 6.07) is 14.0. The first kappa shape index (κ1) is 23.8. The smallest absolute Gasteiger partial charge is 0.336 e. The zero-order valence-electron chi connectivity index (χ0n) is 19.7. The van der Waals surface area contributed by atoms with Crippen LogP contribution in [0.15, 0.2) is 74.0 Å². The Balaban J connectivity index is 2.11. The molecule has 2 atom stereocenters. The second-order valence-corrected chi connectivity index (χ2v) is 8.12. The fourth-order valence-corrected chi connectivity index (χ4v) is 4.53. The van der Waals surface area contributed by atoms with Gasteiger partial charge in [0.25, 0.3) is 0 Å². The van der Waals surface area contributed by atoms with Gasteiger partial charge in [-0.1, -0.05) is 42.5 Å². The molecule has 1 aromatic heterocycles. The number of fused-ring (bicyclic) bond motifs is 1. The monoisotopic (exact) mass is 473 g/mol. The molecule has 3 aromatic rings. The summed E-state index contributed by atoms with van der Waals surface area (Å²) in [5, 5.41) is 0.278. The fourth-order valence-electron chi connectivity index (χ4n) is 4.53. The van der Waals surface area contributed by atoms with Gasteiger partial charge in [0, 0.05) is 28.3 Å². The Kier molecular flexibility index (Phi) is 6.46. The summed E-state index contributed by atoms with van der Waals surface area (Å²) >= 11 is 0. The highest BCUT2D eigenvalue weighted by Crippen LogP contribution is 2.42. The van der Waals surface area contributed by atoms with Crippen molar-refractivity contribution in [1.82, 2.24) is 0 Å². The molecule has 0 fully saturated rings. The largest absolute Gasteiger partial charge is 0.468 e. The van der Waals surface area contributed by atoms with Gasteiger partial charge in [0.2, 0.25) is 0 Å². The van der Waals surface area contributed by atoms with Crippen LogP contribution in [0.1, 0.15) is 24.0 Å². The first-order chi connectivity index (χ1) is 16.8. The van der Waals surface area contributed by atoms with Gasteiger partial charge in [0.15, 0.2) is 11.7 Å². The Morgan fingerprint density at radius 2 is 1.71 bits per heavy atom. The van der Waals surface area contributed by atoms with Gasteiger partial charge in [-0.25, -0.2) is 4.79 Å². The maximum absolute atomic E-state index is 13.4. The van der Waals surface area contributed by atoms with Crippen LogP contribution in [0, 0.1) is 12.8 Å². The van der Waals surface area contributed by atoms with Crippen molar-refractivity contribution < 1.29 is 28.3 Å². The highest BCUT2D eigenvalue weighted by Gasteiger charge is 2.44. The lowest BCUT2D eigenvalue weighted by Crippen LogP contribution is -2.36. The van der Waals surface area contributed by atoms with Crippen LogP contribution < -0.4 is 5.43 Å². The zero-order chi connectivity index (χ0) is 25.3. The topological polar surface area (TPSA) is 112 Å². The van der Waals surface area contributed by atoms with E-state index in [-0.39, 0.29) is 33.4 Å². The molecule has 0 amide bonds. The first-order valence-electron chi connectivity index (χ1n) is 10.9. The number of carbonyl (C=O) groups is 3. The third kappa shape index (κ3) is 3.97. The summed E-state index contributed by atoms with van der Waals surface area (Å²) in [5.41, 5.74) is 1.44. The Bertz CT molecular complexity index is 1460. The van der Waals surface area contributed by atoms with Crippen LogP contribution in [-0.2, 0) is 23.9 Å². The fraction of sp³-hybridized carbons (Fsp3) is 0.222. The average Bonchev–Trinajstić information content (AvgIpc) is 2.89. The molecular formula is C27H23NO7. The SMILES string of the molecule is COC(=O)C1=C(C=O)N=C(C)C(C(=O)OC)C1c1cccc2c(=O)c(C)c(-c3ccccc3)oc12. The van der Waals surface area contributed by atoms with Gasteiger partial charge in [-0.3, -0.25) is 19.4 Å². The summed E-state index contributed by atoms with van der Waals surface area (Å²) in [6.07, 6.45) is 0.442. The van der Waals surface area contributed by atoms with Crippen molar-refractivity contribution in [3.05, 3.63) is 81.2 Å². The predicted molar refractivity (Wildman–Crippen MR) is 129 cm³/mol. The van der Waals surface area contributed by atoms with Crippen LogP contribution >= 0.6 is 0 Å². The molecule has 2 heterocycles. The zero-order valence-corrected chi connectivity index (χ0v) is 19.7. The minimum Gasteiger partial charge on any atom is -0.468 e. The molecule has 8 heteroatoms. The van der Waals surface area contributed by atoms with E-state index in [4.69, 9.17) is 13.9 Å². The van der Waals surface area contributed by atoms with E-state index in [0.717, 1.165) is 0 Å². The number of allylic oxidation sites excluding steroid dienone is 1. The highest BCUT2D eigenvalue weighted by atomic mass is 16.5. The molecule has 2 unspecified atom stereocenters. The van der Waals surface area contributed by atoms with Crippen LogP contribution in [0.5, 0.6) is 0 Å². The quantitative estimate of drug-likeness (QED) is 0.410. The van der Waals surface area contributed by atoms with Crippen molar-refractivity contribution in [2.75, 3.05) is 14.2 Å². The van der Waals surface area contributed by atoms with Crippen LogP contribution in [0.2, 0.25) is 0 Å². The molecule has 0 N–H and O–H groups in total. The lowest BCUT2D eigenvalue weighted by atomic mass is 9.75. The number of aliphatic imine (C=N–C) groups is 1. The lowest BCUT2D eigenvalue weighted by molar-refractivity contribution is -0.143. The minimum atomic E-state index is -1.05. The van der Waals surface area contributed by atoms with Gasteiger partial charge < -0.3 is 13.9 Å². The number of carbonyl (C=O) groups excluding carboxylic acids is 3. The Morgan fingerprint density at radius 1 is 1.00 bits per heavy atom. The number of nitrogens with zero attached hydrogens (tertiary/aromatic N) is 1. The number of benzene rings is 2. The van der Waals surface area contributed by atoms with Crippen molar-refractivity contribution in [3.8, 4) is 11.3 Å². The number of esters is 2. The molecule has 0 bridgehead atoms. The summed E-state index contributed by atoms with van der Waals surface area (Å²) in [6.45, 7) is 3.26. The molecule has 178 valence electrons. The van der Waals surface area contributed by atoms with Crippen molar-refractivity contribution in [2.24, 2.45) is 10.9 Å². The van der Waals surface area contributed by atoms with Crippen molar-refractivity contribution in [3.63, 3.8) is 0 Å². The molecule has 0 spiro atoms. The van der Waals surface area contributed by atoms with E-state index in [1.165, 1.54) is 14.2 Å². The number of rotatable bonds is 5. The molecule has 4 rings (SSSR count). The van der Waals surface area contributed by atoms with E-state index in [0.29, 0.717) is 28.7 Å². The van der Waals surface area contributed by atoms with E-state index >= 15 is 0 Å². The lowest BCUT2D eigenvalue weighted by Gasteiger charge is -2.31. The van der Waals surface area contributed by atoms with Gasteiger partial charge in [-0.15, -0.1) is 0 Å². The van der Waals surface area contributed by atoms with Crippen LogP contribution in [0.3, 0.4) is 0 Å². The summed E-state index contributed by atoms with van der Waals surface area (Å²) in [5.74, 6) is -3.19. The first-order valence-corrected chi connectivity index (χ1v) is 10.9. The molecule has 2 aromatic carbocycles. The highest BCUT2D eigenvalue weighted by molar-refractivity contribution is 6.10. The Hall–Kier alpha value is -4.33. The maximum atomic E-state index is 13.4. The van der Waals surface area contributed by atoms with Gasteiger partial charge >= 0.3 is 11.9 Å². The average molecular weight is 473 g/mol. The minimum absolute atomic E-state index is 0.111. The summed E-state index contributed by atoms with van der Waals surface area (Å²) < 4.78 is 16.3. The molecule has 0 saturated heterocycles. The normalized spacial score (nSPS) is 17.7. The van der Waals surface area contributed by atoms with E-state index in [1.807, 2.05) is 30.3 Å². The molecule has 1 aliphatic heterocycles. The van der Waals surface area contributed by atoms with Gasteiger partial charge in [-0.2, -0.15) is 0 Å². The van der Waals surface area contributed by atoms with E-state index in [1.54, 1.807) is 32.0 Å². The third-order valence-corrected chi connectivity index (χ3v) is 6.19. The second kappa shape index (κ2) is 9.50. The van der Waals surface area contributed by atoms with E-state index < -0.39 is 23.8 Å². The van der Waals surface area contributed by atoms with Gasteiger partial charge in [-0.05, 0) is 19.9 Å². The van der Waals surface area contributed by atoms with E-state index in [9.17, 15) is 19.2 Å². The van der Waals surface area contributed by atoms with Crippen LogP contribution in [-0.4, -0.2) is 38.2 Å². The number of methoxy groups -OCH3 is 2. The van der Waals surface area contributed by atoms with Crippen molar-refractivity contribution >= 4 is 34.9 Å². The second-order valence-electron chi connectivity index (χ2n) is 8.12. The standard InChI is InChI=1S/C27H23NO7/c1-14-23(30)18-12-8-11-17(25(18)35-24(14)16-9-6-5-7-10-16)21-20(26(31)33-3)15(2)28-19(13-29)22(21)27(32)34-4/h5-13,20-21H,1-4H3. The number of hydrogen-bond acceptors (Lipinski definition) is 8. The molecule has 0 saturated carbocycles.